The standard InChI is InChI=1S/C16H22N2O3/c1-12-5-7-14(8-6-12)18(13(2)19)10-9-17-16(20)15-4-3-11-21-15/h5-8,15H,3-4,9-11H2,1-2H3,(H,17,20). The molecular formula is C16H22N2O3. The molecule has 1 aromatic carbocycles. The molecule has 1 unspecified atom stereocenters. The third-order valence-corrected chi connectivity index (χ3v) is 3.58. The Labute approximate surface area is 125 Å². The number of benzene rings is 1. The van der Waals surface area contributed by atoms with Gasteiger partial charge in [-0.15, -0.1) is 0 Å². The maximum Gasteiger partial charge on any atom is 0.249 e. The van der Waals surface area contributed by atoms with Crippen LogP contribution in [0.3, 0.4) is 0 Å². The largest absolute Gasteiger partial charge is 0.368 e. The van der Waals surface area contributed by atoms with E-state index in [0.29, 0.717) is 19.7 Å². The van der Waals surface area contributed by atoms with Crippen LogP contribution in [0, 0.1) is 6.92 Å². The Hall–Kier alpha value is -1.88. The van der Waals surface area contributed by atoms with E-state index in [4.69, 9.17) is 4.74 Å². The fourth-order valence-corrected chi connectivity index (χ4v) is 2.38. The van der Waals surface area contributed by atoms with Crippen LogP contribution in [-0.2, 0) is 14.3 Å². The van der Waals surface area contributed by atoms with Gasteiger partial charge in [0.2, 0.25) is 11.8 Å². The lowest BCUT2D eigenvalue weighted by atomic mass is 10.2. The third kappa shape index (κ3) is 4.29. The van der Waals surface area contributed by atoms with Crippen LogP contribution >= 0.6 is 0 Å². The number of nitrogens with one attached hydrogen (secondary N) is 1. The van der Waals surface area contributed by atoms with Crippen LogP contribution in [0.25, 0.3) is 0 Å². The number of rotatable bonds is 5. The number of hydrogen-bond acceptors (Lipinski definition) is 3. The summed E-state index contributed by atoms with van der Waals surface area (Å²) in [5.74, 6) is -0.120. The Morgan fingerprint density at radius 2 is 2.05 bits per heavy atom. The van der Waals surface area contributed by atoms with Gasteiger partial charge in [-0.3, -0.25) is 9.59 Å². The zero-order chi connectivity index (χ0) is 15.2. The number of carbonyl (C=O) groups is 2. The van der Waals surface area contributed by atoms with E-state index in [1.807, 2.05) is 31.2 Å². The molecule has 0 bridgehead atoms. The predicted molar refractivity (Wildman–Crippen MR) is 81.2 cm³/mol. The van der Waals surface area contributed by atoms with Crippen molar-refractivity contribution in [2.24, 2.45) is 0 Å². The Morgan fingerprint density at radius 1 is 1.33 bits per heavy atom. The minimum Gasteiger partial charge on any atom is -0.368 e. The number of amides is 2. The molecule has 1 atom stereocenters. The van der Waals surface area contributed by atoms with Gasteiger partial charge in [0.15, 0.2) is 0 Å². The van der Waals surface area contributed by atoms with Crippen LogP contribution in [0.5, 0.6) is 0 Å². The van der Waals surface area contributed by atoms with Crippen molar-refractivity contribution in [2.45, 2.75) is 32.8 Å². The number of hydrogen-bond donors (Lipinski definition) is 1. The summed E-state index contributed by atoms with van der Waals surface area (Å²) in [7, 11) is 0. The van der Waals surface area contributed by atoms with Gasteiger partial charge in [-0.1, -0.05) is 17.7 Å². The molecule has 5 nitrogen and oxygen atoms in total. The molecule has 1 fully saturated rings. The monoisotopic (exact) mass is 290 g/mol. The first kappa shape index (κ1) is 15.5. The lowest BCUT2D eigenvalue weighted by Gasteiger charge is -2.22. The smallest absolute Gasteiger partial charge is 0.249 e. The molecule has 2 rings (SSSR count). The quantitative estimate of drug-likeness (QED) is 0.897. The maximum atomic E-state index is 11.8. The lowest BCUT2D eigenvalue weighted by molar-refractivity contribution is -0.130. The van der Waals surface area contributed by atoms with Crippen molar-refractivity contribution >= 4 is 17.5 Å². The minimum atomic E-state index is -0.324. The first-order valence-electron chi connectivity index (χ1n) is 7.32. The van der Waals surface area contributed by atoms with Gasteiger partial charge in [0.05, 0.1) is 0 Å². The van der Waals surface area contributed by atoms with Crippen molar-refractivity contribution in [2.75, 3.05) is 24.6 Å². The first-order valence-corrected chi connectivity index (χ1v) is 7.32. The molecule has 0 aliphatic carbocycles. The van der Waals surface area contributed by atoms with Gasteiger partial charge in [-0.05, 0) is 31.9 Å². The van der Waals surface area contributed by atoms with Crippen LogP contribution < -0.4 is 10.2 Å². The SMILES string of the molecule is CC(=O)N(CCNC(=O)C1CCCO1)c1ccc(C)cc1. The van der Waals surface area contributed by atoms with Gasteiger partial charge >= 0.3 is 0 Å². The summed E-state index contributed by atoms with van der Waals surface area (Å²) in [6.45, 7) is 5.06. The Kier molecular flexibility index (Phi) is 5.33. The van der Waals surface area contributed by atoms with Crippen LogP contribution in [0.4, 0.5) is 5.69 Å². The van der Waals surface area contributed by atoms with E-state index in [2.05, 4.69) is 5.32 Å². The Balaban J connectivity index is 1.87. The number of aryl methyl sites for hydroxylation is 1. The number of ether oxygens (including phenoxy) is 1. The van der Waals surface area contributed by atoms with Crippen molar-refractivity contribution in [1.29, 1.82) is 0 Å². The van der Waals surface area contributed by atoms with E-state index in [9.17, 15) is 9.59 Å². The molecular weight excluding hydrogens is 268 g/mol. The van der Waals surface area contributed by atoms with Gasteiger partial charge in [0.25, 0.3) is 0 Å². The highest BCUT2D eigenvalue weighted by Gasteiger charge is 2.23. The average Bonchev–Trinajstić information content (AvgIpc) is 2.98. The molecule has 1 aliphatic rings. The van der Waals surface area contributed by atoms with E-state index in [1.54, 1.807) is 4.90 Å². The molecule has 1 heterocycles. The molecule has 2 amide bonds. The highest BCUT2D eigenvalue weighted by molar-refractivity contribution is 5.91. The Morgan fingerprint density at radius 3 is 2.62 bits per heavy atom. The summed E-state index contributed by atoms with van der Waals surface area (Å²) >= 11 is 0. The van der Waals surface area contributed by atoms with Crippen LogP contribution in [0.2, 0.25) is 0 Å². The van der Waals surface area contributed by atoms with Crippen molar-refractivity contribution < 1.29 is 14.3 Å². The molecule has 0 saturated carbocycles. The Bertz CT molecular complexity index is 493. The van der Waals surface area contributed by atoms with Gasteiger partial charge in [-0.25, -0.2) is 0 Å². The molecule has 0 radical (unpaired) electrons. The van der Waals surface area contributed by atoms with Gasteiger partial charge in [0.1, 0.15) is 6.10 Å². The molecule has 1 N–H and O–H groups in total. The van der Waals surface area contributed by atoms with Crippen LogP contribution in [0.1, 0.15) is 25.3 Å². The van der Waals surface area contributed by atoms with Gasteiger partial charge in [0, 0.05) is 32.3 Å². The zero-order valence-corrected chi connectivity index (χ0v) is 12.6. The summed E-state index contributed by atoms with van der Waals surface area (Å²) in [5, 5.41) is 2.83. The second-order valence-corrected chi connectivity index (χ2v) is 5.30. The second-order valence-electron chi connectivity index (χ2n) is 5.30. The molecule has 1 aliphatic heterocycles. The highest BCUT2D eigenvalue weighted by atomic mass is 16.5. The van der Waals surface area contributed by atoms with Crippen LogP contribution in [0.15, 0.2) is 24.3 Å². The van der Waals surface area contributed by atoms with Crippen molar-refractivity contribution in [1.82, 2.24) is 5.32 Å². The van der Waals surface area contributed by atoms with E-state index >= 15 is 0 Å². The van der Waals surface area contributed by atoms with Crippen molar-refractivity contribution in [3.63, 3.8) is 0 Å². The molecule has 1 saturated heterocycles. The summed E-state index contributed by atoms with van der Waals surface area (Å²) in [6, 6.07) is 7.77. The number of anilines is 1. The molecule has 0 spiro atoms. The molecule has 21 heavy (non-hydrogen) atoms. The highest BCUT2D eigenvalue weighted by Crippen LogP contribution is 2.15. The fraction of sp³-hybridized carbons (Fsp3) is 0.500. The van der Waals surface area contributed by atoms with E-state index in [-0.39, 0.29) is 17.9 Å². The van der Waals surface area contributed by atoms with Crippen molar-refractivity contribution in [3.05, 3.63) is 29.8 Å². The summed E-state index contributed by atoms with van der Waals surface area (Å²) < 4.78 is 5.32. The lowest BCUT2D eigenvalue weighted by Crippen LogP contribution is -2.41. The minimum absolute atomic E-state index is 0.0368. The fourth-order valence-electron chi connectivity index (χ4n) is 2.38. The number of nitrogens with zero attached hydrogens (tertiary/aromatic N) is 1. The average molecular weight is 290 g/mol. The van der Waals surface area contributed by atoms with E-state index < -0.39 is 0 Å². The maximum absolute atomic E-state index is 11.8. The number of carbonyl (C=O) groups excluding carboxylic acids is 2. The molecule has 114 valence electrons. The summed E-state index contributed by atoms with van der Waals surface area (Å²) in [5.41, 5.74) is 1.99. The topological polar surface area (TPSA) is 58.6 Å². The first-order chi connectivity index (χ1) is 10.1. The zero-order valence-electron chi connectivity index (χ0n) is 12.6. The van der Waals surface area contributed by atoms with E-state index in [1.165, 1.54) is 6.92 Å². The van der Waals surface area contributed by atoms with Crippen LogP contribution in [-0.4, -0.2) is 37.6 Å². The van der Waals surface area contributed by atoms with Crippen molar-refractivity contribution in [3.8, 4) is 0 Å². The summed E-state index contributed by atoms with van der Waals surface area (Å²) in [4.78, 5) is 25.2. The molecule has 0 aromatic heterocycles. The van der Waals surface area contributed by atoms with Gasteiger partial charge in [-0.2, -0.15) is 0 Å². The molecule has 1 aromatic rings. The second kappa shape index (κ2) is 7.22. The van der Waals surface area contributed by atoms with E-state index in [0.717, 1.165) is 24.1 Å². The predicted octanol–water partition coefficient (Wildman–Crippen LogP) is 1.64. The van der Waals surface area contributed by atoms with Gasteiger partial charge < -0.3 is 15.0 Å². The summed E-state index contributed by atoms with van der Waals surface area (Å²) in [6.07, 6.45) is 1.39. The molecule has 5 heteroatoms. The normalized spacial score (nSPS) is 17.5. The third-order valence-electron chi connectivity index (χ3n) is 3.58.